The highest BCUT2D eigenvalue weighted by atomic mass is 16.6. The van der Waals surface area contributed by atoms with Gasteiger partial charge in [0, 0.05) is 6.42 Å². The van der Waals surface area contributed by atoms with Crippen LogP contribution in [-0.4, -0.2) is 18.9 Å². The fraction of sp³-hybridized carbons (Fsp3) is 0.364. The van der Waals surface area contributed by atoms with Gasteiger partial charge in [0.1, 0.15) is 11.9 Å². The zero-order chi connectivity index (χ0) is 9.97. The molecule has 1 unspecified atom stereocenters. The van der Waals surface area contributed by atoms with Gasteiger partial charge >= 0.3 is 0 Å². The summed E-state index contributed by atoms with van der Waals surface area (Å²) in [5, 5.41) is 4.02. The first kappa shape index (κ1) is 9.06. The Balaban J connectivity index is 2.17. The minimum absolute atomic E-state index is 0.201. The van der Waals surface area contributed by atoms with E-state index in [4.69, 9.17) is 9.57 Å². The number of nitrogens with zero attached hydrogens (tertiary/aromatic N) is 1. The maximum atomic E-state index is 5.13. The summed E-state index contributed by atoms with van der Waals surface area (Å²) in [6.45, 7) is 2.01. The highest BCUT2D eigenvalue weighted by Gasteiger charge is 2.17. The molecule has 0 radical (unpaired) electrons. The zero-order valence-electron chi connectivity index (χ0n) is 8.36. The Hall–Kier alpha value is -1.51. The van der Waals surface area contributed by atoms with E-state index >= 15 is 0 Å². The Morgan fingerprint density at radius 3 is 2.57 bits per heavy atom. The number of oxime groups is 1. The van der Waals surface area contributed by atoms with Crippen LogP contribution in [0.4, 0.5) is 0 Å². The number of methoxy groups -OCH3 is 1. The highest BCUT2D eigenvalue weighted by molar-refractivity contribution is 6.01. The topological polar surface area (TPSA) is 30.8 Å². The van der Waals surface area contributed by atoms with Gasteiger partial charge in [-0.05, 0) is 36.8 Å². The third kappa shape index (κ3) is 1.71. The van der Waals surface area contributed by atoms with E-state index in [9.17, 15) is 0 Å². The minimum Gasteiger partial charge on any atom is -0.497 e. The first-order chi connectivity index (χ1) is 6.79. The molecule has 1 aromatic carbocycles. The van der Waals surface area contributed by atoms with E-state index in [1.807, 2.05) is 31.2 Å². The van der Waals surface area contributed by atoms with Gasteiger partial charge in [-0.25, -0.2) is 0 Å². The van der Waals surface area contributed by atoms with Crippen molar-refractivity contribution in [2.45, 2.75) is 19.4 Å². The normalized spacial score (nSPS) is 20.1. The fourth-order valence-electron chi connectivity index (χ4n) is 1.45. The molecule has 1 heterocycles. The minimum atomic E-state index is 0.201. The van der Waals surface area contributed by atoms with Gasteiger partial charge in [-0.15, -0.1) is 0 Å². The molecule has 0 saturated carbocycles. The van der Waals surface area contributed by atoms with E-state index < -0.39 is 0 Å². The fourth-order valence-corrected chi connectivity index (χ4v) is 1.45. The van der Waals surface area contributed by atoms with E-state index in [0.29, 0.717) is 0 Å². The lowest BCUT2D eigenvalue weighted by atomic mass is 10.1. The average Bonchev–Trinajstić information content (AvgIpc) is 2.65. The van der Waals surface area contributed by atoms with Crippen molar-refractivity contribution in [3.63, 3.8) is 0 Å². The maximum Gasteiger partial charge on any atom is 0.130 e. The Morgan fingerprint density at radius 1 is 1.36 bits per heavy atom. The monoisotopic (exact) mass is 191 g/mol. The van der Waals surface area contributed by atoms with Crippen LogP contribution < -0.4 is 4.74 Å². The standard InChI is InChI=1S/C11H13NO2/c1-8-7-11(12-14-8)9-3-5-10(13-2)6-4-9/h3-6,8H,7H2,1-2H3. The van der Waals surface area contributed by atoms with Crippen molar-refractivity contribution >= 4 is 5.71 Å². The van der Waals surface area contributed by atoms with Crippen molar-refractivity contribution in [1.29, 1.82) is 0 Å². The molecule has 14 heavy (non-hydrogen) atoms. The van der Waals surface area contributed by atoms with Gasteiger partial charge in [0.2, 0.25) is 0 Å². The zero-order valence-corrected chi connectivity index (χ0v) is 8.36. The number of hydrogen-bond donors (Lipinski definition) is 0. The highest BCUT2D eigenvalue weighted by Crippen LogP contribution is 2.18. The van der Waals surface area contributed by atoms with Crippen LogP contribution in [-0.2, 0) is 4.84 Å². The van der Waals surface area contributed by atoms with E-state index in [2.05, 4.69) is 5.16 Å². The predicted molar refractivity (Wildman–Crippen MR) is 54.7 cm³/mol. The lowest BCUT2D eigenvalue weighted by Gasteiger charge is -2.01. The molecule has 0 amide bonds. The van der Waals surface area contributed by atoms with Crippen LogP contribution in [0.5, 0.6) is 5.75 Å². The third-order valence-corrected chi connectivity index (χ3v) is 2.25. The second-order valence-corrected chi connectivity index (χ2v) is 3.39. The van der Waals surface area contributed by atoms with E-state index in [1.54, 1.807) is 7.11 Å². The smallest absolute Gasteiger partial charge is 0.130 e. The second kappa shape index (κ2) is 3.70. The molecule has 1 atom stereocenters. The summed E-state index contributed by atoms with van der Waals surface area (Å²) in [4.78, 5) is 5.13. The van der Waals surface area contributed by atoms with Gasteiger partial charge in [-0.1, -0.05) is 5.16 Å². The molecule has 0 saturated heterocycles. The lowest BCUT2D eigenvalue weighted by molar-refractivity contribution is 0.0995. The molecule has 3 nitrogen and oxygen atoms in total. The molecule has 0 N–H and O–H groups in total. The average molecular weight is 191 g/mol. The molecule has 2 rings (SSSR count). The van der Waals surface area contributed by atoms with Crippen molar-refractivity contribution in [2.75, 3.05) is 7.11 Å². The summed E-state index contributed by atoms with van der Waals surface area (Å²) in [6, 6.07) is 7.86. The Labute approximate surface area is 83.3 Å². The van der Waals surface area contributed by atoms with Crippen LogP contribution in [0.3, 0.4) is 0 Å². The molecule has 0 bridgehead atoms. The number of ether oxygens (including phenoxy) is 1. The first-order valence-corrected chi connectivity index (χ1v) is 4.66. The van der Waals surface area contributed by atoms with Gasteiger partial charge in [-0.2, -0.15) is 0 Å². The largest absolute Gasteiger partial charge is 0.497 e. The molecule has 3 heteroatoms. The molecular weight excluding hydrogens is 178 g/mol. The number of rotatable bonds is 2. The molecule has 74 valence electrons. The van der Waals surface area contributed by atoms with Crippen LogP contribution in [0.25, 0.3) is 0 Å². The summed E-state index contributed by atoms with van der Waals surface area (Å²) >= 11 is 0. The van der Waals surface area contributed by atoms with E-state index in [-0.39, 0.29) is 6.10 Å². The second-order valence-electron chi connectivity index (χ2n) is 3.39. The van der Waals surface area contributed by atoms with Crippen molar-refractivity contribution in [2.24, 2.45) is 5.16 Å². The molecule has 0 aromatic heterocycles. The molecule has 0 spiro atoms. The van der Waals surface area contributed by atoms with Gasteiger partial charge < -0.3 is 9.57 Å². The van der Waals surface area contributed by atoms with Gasteiger partial charge in [-0.3, -0.25) is 0 Å². The molecule has 1 aromatic rings. The van der Waals surface area contributed by atoms with Gasteiger partial charge in [0.15, 0.2) is 0 Å². The SMILES string of the molecule is COc1ccc(C2=NOC(C)C2)cc1. The quantitative estimate of drug-likeness (QED) is 0.717. The van der Waals surface area contributed by atoms with E-state index in [0.717, 1.165) is 23.4 Å². The van der Waals surface area contributed by atoms with Crippen molar-refractivity contribution < 1.29 is 9.57 Å². The summed E-state index contributed by atoms with van der Waals surface area (Å²) in [7, 11) is 1.66. The summed E-state index contributed by atoms with van der Waals surface area (Å²) in [6.07, 6.45) is 1.08. The van der Waals surface area contributed by atoms with Crippen LogP contribution in [0, 0.1) is 0 Å². The number of hydrogen-bond acceptors (Lipinski definition) is 3. The maximum absolute atomic E-state index is 5.13. The third-order valence-electron chi connectivity index (χ3n) is 2.25. The van der Waals surface area contributed by atoms with Crippen molar-refractivity contribution in [1.82, 2.24) is 0 Å². The van der Waals surface area contributed by atoms with Crippen molar-refractivity contribution in [3.05, 3.63) is 29.8 Å². The predicted octanol–water partition coefficient (Wildman–Crippen LogP) is 2.21. The summed E-state index contributed by atoms with van der Waals surface area (Å²) in [5.74, 6) is 0.862. The van der Waals surface area contributed by atoms with Crippen molar-refractivity contribution in [3.8, 4) is 5.75 Å². The summed E-state index contributed by atoms with van der Waals surface area (Å²) in [5.41, 5.74) is 2.12. The lowest BCUT2D eigenvalue weighted by Crippen LogP contribution is -2.02. The summed E-state index contributed by atoms with van der Waals surface area (Å²) < 4.78 is 5.08. The van der Waals surface area contributed by atoms with Crippen LogP contribution >= 0.6 is 0 Å². The van der Waals surface area contributed by atoms with E-state index in [1.165, 1.54) is 0 Å². The Bertz CT molecular complexity index is 343. The van der Waals surface area contributed by atoms with Gasteiger partial charge in [0.05, 0.1) is 12.8 Å². The van der Waals surface area contributed by atoms with Crippen LogP contribution in [0.15, 0.2) is 29.4 Å². The molecule has 0 fully saturated rings. The molecular formula is C11H13NO2. The first-order valence-electron chi connectivity index (χ1n) is 4.66. The van der Waals surface area contributed by atoms with Gasteiger partial charge in [0.25, 0.3) is 0 Å². The molecule has 1 aliphatic heterocycles. The Kier molecular flexibility index (Phi) is 2.39. The molecule has 0 aliphatic carbocycles. The van der Waals surface area contributed by atoms with Crippen LogP contribution in [0.2, 0.25) is 0 Å². The number of benzene rings is 1. The Morgan fingerprint density at radius 2 is 2.07 bits per heavy atom. The van der Waals surface area contributed by atoms with Crippen LogP contribution in [0.1, 0.15) is 18.9 Å². The molecule has 1 aliphatic rings.